The summed E-state index contributed by atoms with van der Waals surface area (Å²) in [6, 6.07) is 0.646. The molecular formula is C18H37NO2. The minimum absolute atomic E-state index is 0.0821. The molecule has 0 atom stereocenters. The van der Waals surface area contributed by atoms with Gasteiger partial charge in [-0.2, -0.15) is 0 Å². The van der Waals surface area contributed by atoms with E-state index >= 15 is 0 Å². The molecule has 1 aliphatic carbocycles. The molecule has 0 aromatic heterocycles. The largest absolute Gasteiger partial charge is 0.352 e. The average Bonchev–Trinajstić information content (AvgIpc) is 2.47. The van der Waals surface area contributed by atoms with Crippen LogP contribution in [0.3, 0.4) is 0 Å². The van der Waals surface area contributed by atoms with Crippen molar-refractivity contribution in [1.82, 2.24) is 5.32 Å². The Hall–Kier alpha value is -0.120. The number of nitrogens with one attached hydrogen (secondary N) is 1. The molecule has 1 N–H and O–H groups in total. The van der Waals surface area contributed by atoms with Crippen LogP contribution in [0, 0.1) is 0 Å². The first-order valence-electron chi connectivity index (χ1n) is 9.33. The summed E-state index contributed by atoms with van der Waals surface area (Å²) in [5, 5.41) is 3.69. The van der Waals surface area contributed by atoms with Gasteiger partial charge in [-0.1, -0.05) is 57.8 Å². The molecule has 0 heterocycles. The minimum Gasteiger partial charge on any atom is -0.352 e. The molecule has 1 fully saturated rings. The van der Waals surface area contributed by atoms with Gasteiger partial charge in [-0.25, -0.2) is 0 Å². The van der Waals surface area contributed by atoms with Crippen molar-refractivity contribution in [3.63, 3.8) is 0 Å². The third-order valence-corrected chi connectivity index (χ3v) is 4.38. The van der Waals surface area contributed by atoms with E-state index in [1.807, 2.05) is 13.8 Å². The zero-order valence-corrected chi connectivity index (χ0v) is 14.4. The lowest BCUT2D eigenvalue weighted by atomic mass is 9.98. The maximum Gasteiger partial charge on any atom is 0.169 e. The van der Waals surface area contributed by atoms with Crippen LogP contribution in [0.2, 0.25) is 0 Å². The number of hydrogen-bond acceptors (Lipinski definition) is 3. The molecule has 0 aromatic rings. The van der Waals surface area contributed by atoms with E-state index in [0.29, 0.717) is 6.04 Å². The van der Waals surface area contributed by atoms with Crippen molar-refractivity contribution in [2.45, 2.75) is 96.8 Å². The van der Waals surface area contributed by atoms with Gasteiger partial charge in [0.25, 0.3) is 0 Å². The molecule has 21 heavy (non-hydrogen) atoms. The van der Waals surface area contributed by atoms with Crippen molar-refractivity contribution in [2.24, 2.45) is 0 Å². The highest BCUT2D eigenvalue weighted by Gasteiger charge is 2.13. The number of ether oxygens (including phenoxy) is 2. The van der Waals surface area contributed by atoms with Crippen molar-refractivity contribution in [1.29, 1.82) is 0 Å². The summed E-state index contributed by atoms with van der Waals surface area (Å²) in [5.41, 5.74) is 0. The van der Waals surface area contributed by atoms with Crippen LogP contribution in [0.4, 0.5) is 0 Å². The van der Waals surface area contributed by atoms with E-state index < -0.39 is 0 Å². The molecule has 3 heteroatoms. The summed E-state index contributed by atoms with van der Waals surface area (Å²) in [4.78, 5) is 0. The molecule has 126 valence electrons. The van der Waals surface area contributed by atoms with Gasteiger partial charge in [-0.15, -0.1) is 0 Å². The molecule has 1 rings (SSSR count). The van der Waals surface area contributed by atoms with Crippen LogP contribution in [-0.4, -0.2) is 32.1 Å². The lowest BCUT2D eigenvalue weighted by molar-refractivity contribution is -0.133. The van der Waals surface area contributed by atoms with Gasteiger partial charge < -0.3 is 14.8 Å². The predicted molar refractivity (Wildman–Crippen MR) is 89.6 cm³/mol. The van der Waals surface area contributed by atoms with Crippen molar-refractivity contribution in [3.8, 4) is 0 Å². The molecule has 0 unspecified atom stereocenters. The Balaban J connectivity index is 2.29. The number of hydrogen-bond donors (Lipinski definition) is 1. The molecular weight excluding hydrogens is 262 g/mol. The molecule has 0 aromatic carbocycles. The Morgan fingerprint density at radius 1 is 0.762 bits per heavy atom. The summed E-state index contributed by atoms with van der Waals surface area (Å²) in [7, 11) is 0. The SMILES string of the molecule is CCOC(CNC1CCCCCCCCCCC1)OCC. The average molecular weight is 299 g/mol. The van der Waals surface area contributed by atoms with E-state index in [-0.39, 0.29) is 6.29 Å². The Bertz CT molecular complexity index is 205. The van der Waals surface area contributed by atoms with Gasteiger partial charge in [0.1, 0.15) is 0 Å². The molecule has 0 bridgehead atoms. The predicted octanol–water partition coefficient (Wildman–Crippen LogP) is 4.65. The van der Waals surface area contributed by atoms with Gasteiger partial charge in [-0.05, 0) is 26.7 Å². The first-order valence-corrected chi connectivity index (χ1v) is 9.33. The van der Waals surface area contributed by atoms with Gasteiger partial charge in [0, 0.05) is 25.8 Å². The second-order valence-electron chi connectivity index (χ2n) is 6.20. The Kier molecular flexibility index (Phi) is 12.2. The molecule has 0 aliphatic heterocycles. The fourth-order valence-electron chi connectivity index (χ4n) is 3.17. The van der Waals surface area contributed by atoms with Gasteiger partial charge in [0.2, 0.25) is 0 Å². The van der Waals surface area contributed by atoms with E-state index in [2.05, 4.69) is 5.32 Å². The fraction of sp³-hybridized carbons (Fsp3) is 1.00. The number of rotatable bonds is 7. The van der Waals surface area contributed by atoms with Gasteiger partial charge in [-0.3, -0.25) is 0 Å². The highest BCUT2D eigenvalue weighted by Crippen LogP contribution is 2.17. The first-order chi connectivity index (χ1) is 10.4. The van der Waals surface area contributed by atoms with Crippen LogP contribution in [0.25, 0.3) is 0 Å². The maximum atomic E-state index is 5.63. The molecule has 0 spiro atoms. The normalized spacial score (nSPS) is 20.1. The van der Waals surface area contributed by atoms with E-state index in [0.717, 1.165) is 19.8 Å². The molecule has 3 nitrogen and oxygen atoms in total. The zero-order valence-electron chi connectivity index (χ0n) is 14.4. The standard InChI is InChI=1S/C18H37NO2/c1-3-20-18(21-4-2)16-19-17-14-12-10-8-6-5-7-9-11-13-15-17/h17-19H,3-16H2,1-2H3. The van der Waals surface area contributed by atoms with Crippen LogP contribution in [0.5, 0.6) is 0 Å². The van der Waals surface area contributed by atoms with Crippen LogP contribution < -0.4 is 5.32 Å². The monoisotopic (exact) mass is 299 g/mol. The molecule has 1 saturated carbocycles. The fourth-order valence-corrected chi connectivity index (χ4v) is 3.17. The lowest BCUT2D eigenvalue weighted by Gasteiger charge is -2.23. The van der Waals surface area contributed by atoms with Gasteiger partial charge in [0.15, 0.2) is 6.29 Å². The summed E-state index contributed by atoms with van der Waals surface area (Å²) in [6.45, 7) is 6.32. The van der Waals surface area contributed by atoms with Crippen LogP contribution >= 0.6 is 0 Å². The Morgan fingerprint density at radius 2 is 1.19 bits per heavy atom. The molecule has 0 radical (unpaired) electrons. The Morgan fingerprint density at radius 3 is 1.62 bits per heavy atom. The van der Waals surface area contributed by atoms with E-state index in [1.54, 1.807) is 0 Å². The van der Waals surface area contributed by atoms with Crippen molar-refractivity contribution in [3.05, 3.63) is 0 Å². The van der Waals surface area contributed by atoms with Gasteiger partial charge >= 0.3 is 0 Å². The third-order valence-electron chi connectivity index (χ3n) is 4.38. The maximum absolute atomic E-state index is 5.63. The second kappa shape index (κ2) is 13.5. The minimum atomic E-state index is -0.0821. The van der Waals surface area contributed by atoms with Crippen LogP contribution in [-0.2, 0) is 9.47 Å². The summed E-state index contributed by atoms with van der Waals surface area (Å²) < 4.78 is 11.3. The van der Waals surface area contributed by atoms with Crippen molar-refractivity contribution in [2.75, 3.05) is 19.8 Å². The molecule has 1 aliphatic rings. The highest BCUT2D eigenvalue weighted by atomic mass is 16.7. The highest BCUT2D eigenvalue weighted by molar-refractivity contribution is 4.69. The van der Waals surface area contributed by atoms with Crippen molar-refractivity contribution < 1.29 is 9.47 Å². The van der Waals surface area contributed by atoms with E-state index in [9.17, 15) is 0 Å². The smallest absolute Gasteiger partial charge is 0.169 e. The van der Waals surface area contributed by atoms with Gasteiger partial charge in [0.05, 0.1) is 0 Å². The Labute approximate surface area is 132 Å². The van der Waals surface area contributed by atoms with E-state index in [1.165, 1.54) is 70.6 Å². The quantitative estimate of drug-likeness (QED) is 0.694. The van der Waals surface area contributed by atoms with Crippen LogP contribution in [0.15, 0.2) is 0 Å². The van der Waals surface area contributed by atoms with Crippen LogP contribution in [0.1, 0.15) is 84.5 Å². The third kappa shape index (κ3) is 10.3. The lowest BCUT2D eigenvalue weighted by Crippen LogP contribution is -2.38. The second-order valence-corrected chi connectivity index (χ2v) is 6.20. The first kappa shape index (κ1) is 18.9. The zero-order chi connectivity index (χ0) is 15.2. The molecule has 0 amide bonds. The summed E-state index contributed by atoms with van der Waals surface area (Å²) in [6.07, 6.45) is 15.3. The summed E-state index contributed by atoms with van der Waals surface area (Å²) in [5.74, 6) is 0. The summed E-state index contributed by atoms with van der Waals surface area (Å²) >= 11 is 0. The molecule has 0 saturated heterocycles. The van der Waals surface area contributed by atoms with E-state index in [4.69, 9.17) is 9.47 Å². The van der Waals surface area contributed by atoms with Crippen molar-refractivity contribution >= 4 is 0 Å². The topological polar surface area (TPSA) is 30.5 Å².